The smallest absolute Gasteiger partial charge is 0.211 e. The lowest BCUT2D eigenvalue weighted by molar-refractivity contribution is 0.586. The standard InChI is InChI=1S/C8H12ClNO2S2/c1-2-10-14(11,12)8-4-3-7(13-8)5-6-9/h3-4,10H,2,5-6H2,1H3. The van der Waals surface area contributed by atoms with Gasteiger partial charge >= 0.3 is 0 Å². The van der Waals surface area contributed by atoms with Gasteiger partial charge in [0, 0.05) is 17.3 Å². The molecule has 0 aliphatic heterocycles. The Kier molecular flexibility index (Phi) is 4.37. The Labute approximate surface area is 93.1 Å². The van der Waals surface area contributed by atoms with Crippen LogP contribution in [0.5, 0.6) is 0 Å². The monoisotopic (exact) mass is 253 g/mol. The van der Waals surface area contributed by atoms with E-state index in [1.165, 1.54) is 11.3 Å². The molecule has 0 fully saturated rings. The van der Waals surface area contributed by atoms with Crippen LogP contribution in [0.3, 0.4) is 0 Å². The minimum atomic E-state index is -3.28. The van der Waals surface area contributed by atoms with Crippen molar-refractivity contribution in [3.8, 4) is 0 Å². The van der Waals surface area contributed by atoms with Gasteiger partial charge in [0.2, 0.25) is 10.0 Å². The number of rotatable bonds is 5. The summed E-state index contributed by atoms with van der Waals surface area (Å²) in [5, 5.41) is 0. The van der Waals surface area contributed by atoms with Crippen LogP contribution in [0.2, 0.25) is 0 Å². The van der Waals surface area contributed by atoms with E-state index in [2.05, 4.69) is 4.72 Å². The van der Waals surface area contributed by atoms with Crippen molar-refractivity contribution >= 4 is 33.0 Å². The summed E-state index contributed by atoms with van der Waals surface area (Å²) in [5.74, 6) is 0.515. The summed E-state index contributed by atoms with van der Waals surface area (Å²) in [7, 11) is -3.28. The average molecular weight is 254 g/mol. The van der Waals surface area contributed by atoms with Crippen LogP contribution in [0, 0.1) is 0 Å². The van der Waals surface area contributed by atoms with Crippen LogP contribution < -0.4 is 4.72 Å². The molecule has 1 heterocycles. The summed E-state index contributed by atoms with van der Waals surface area (Å²) in [6.07, 6.45) is 0.716. The molecule has 0 saturated heterocycles. The zero-order chi connectivity index (χ0) is 10.6. The van der Waals surface area contributed by atoms with Crippen molar-refractivity contribution < 1.29 is 8.42 Å². The van der Waals surface area contributed by atoms with Crippen LogP contribution in [0.25, 0.3) is 0 Å². The summed E-state index contributed by atoms with van der Waals surface area (Å²) in [6.45, 7) is 2.16. The molecule has 80 valence electrons. The Bertz CT molecular complexity index is 386. The van der Waals surface area contributed by atoms with Gasteiger partial charge in [-0.3, -0.25) is 0 Å². The first kappa shape index (κ1) is 12.0. The Hall–Kier alpha value is -0.100. The van der Waals surface area contributed by atoms with Crippen molar-refractivity contribution in [1.29, 1.82) is 0 Å². The summed E-state index contributed by atoms with van der Waals surface area (Å²) in [5.41, 5.74) is 0. The summed E-state index contributed by atoms with van der Waals surface area (Å²) in [4.78, 5) is 0.997. The largest absolute Gasteiger partial charge is 0.250 e. The highest BCUT2D eigenvalue weighted by Gasteiger charge is 2.14. The lowest BCUT2D eigenvalue weighted by Gasteiger charge is -1.99. The lowest BCUT2D eigenvalue weighted by Crippen LogP contribution is -2.22. The number of thiophene rings is 1. The quantitative estimate of drug-likeness (QED) is 0.814. The highest BCUT2D eigenvalue weighted by Crippen LogP contribution is 2.21. The molecule has 14 heavy (non-hydrogen) atoms. The maximum Gasteiger partial charge on any atom is 0.250 e. The minimum absolute atomic E-state index is 0.361. The van der Waals surface area contributed by atoms with Gasteiger partial charge in [-0.25, -0.2) is 13.1 Å². The molecular formula is C8H12ClNO2S2. The average Bonchev–Trinajstić information content (AvgIpc) is 2.54. The molecule has 1 aromatic heterocycles. The Balaban J connectivity index is 2.86. The highest BCUT2D eigenvalue weighted by molar-refractivity contribution is 7.91. The van der Waals surface area contributed by atoms with E-state index in [0.717, 1.165) is 4.88 Å². The molecule has 0 bridgehead atoms. The zero-order valence-electron chi connectivity index (χ0n) is 7.79. The van der Waals surface area contributed by atoms with Gasteiger partial charge in [-0.2, -0.15) is 0 Å². The number of hydrogen-bond acceptors (Lipinski definition) is 3. The molecule has 0 spiro atoms. The van der Waals surface area contributed by atoms with Crippen LogP contribution >= 0.6 is 22.9 Å². The highest BCUT2D eigenvalue weighted by atomic mass is 35.5. The number of alkyl halides is 1. The molecule has 3 nitrogen and oxygen atoms in total. The van der Waals surface area contributed by atoms with E-state index in [4.69, 9.17) is 11.6 Å². The fourth-order valence-electron chi connectivity index (χ4n) is 0.991. The molecule has 0 radical (unpaired) electrons. The van der Waals surface area contributed by atoms with Gasteiger partial charge in [0.05, 0.1) is 0 Å². The van der Waals surface area contributed by atoms with Gasteiger partial charge in [-0.15, -0.1) is 22.9 Å². The molecule has 0 unspecified atom stereocenters. The van der Waals surface area contributed by atoms with Crippen LogP contribution in [0.4, 0.5) is 0 Å². The minimum Gasteiger partial charge on any atom is -0.211 e. The first-order valence-electron chi connectivity index (χ1n) is 4.24. The number of aryl methyl sites for hydroxylation is 1. The Morgan fingerprint density at radius 1 is 1.50 bits per heavy atom. The van der Waals surface area contributed by atoms with Crippen LogP contribution in [0.15, 0.2) is 16.3 Å². The van der Waals surface area contributed by atoms with Crippen LogP contribution in [0.1, 0.15) is 11.8 Å². The first-order chi connectivity index (χ1) is 6.60. The van der Waals surface area contributed by atoms with E-state index in [9.17, 15) is 8.42 Å². The normalized spacial score (nSPS) is 11.9. The second kappa shape index (κ2) is 5.11. The van der Waals surface area contributed by atoms with Crippen molar-refractivity contribution in [2.24, 2.45) is 0 Å². The maximum atomic E-state index is 11.5. The number of halogens is 1. The molecule has 1 rings (SSSR count). The van der Waals surface area contributed by atoms with Crippen molar-refractivity contribution in [3.05, 3.63) is 17.0 Å². The topological polar surface area (TPSA) is 46.2 Å². The molecule has 0 atom stereocenters. The van der Waals surface area contributed by atoms with Crippen molar-refractivity contribution in [3.63, 3.8) is 0 Å². The van der Waals surface area contributed by atoms with Gasteiger partial charge in [0.15, 0.2) is 0 Å². The molecule has 0 amide bonds. The zero-order valence-corrected chi connectivity index (χ0v) is 10.2. The van der Waals surface area contributed by atoms with Crippen LogP contribution in [-0.4, -0.2) is 20.8 Å². The van der Waals surface area contributed by atoms with Crippen molar-refractivity contribution in [1.82, 2.24) is 4.72 Å². The molecule has 6 heteroatoms. The summed E-state index contributed by atoms with van der Waals surface area (Å²) >= 11 is 6.83. The summed E-state index contributed by atoms with van der Waals surface area (Å²) in [6, 6.07) is 3.42. The van der Waals surface area contributed by atoms with E-state index in [-0.39, 0.29) is 0 Å². The van der Waals surface area contributed by atoms with Gasteiger partial charge in [0.1, 0.15) is 4.21 Å². The fraction of sp³-hybridized carbons (Fsp3) is 0.500. The number of sulfonamides is 1. The Morgan fingerprint density at radius 2 is 2.21 bits per heavy atom. The van der Waals surface area contributed by atoms with E-state index < -0.39 is 10.0 Å². The van der Waals surface area contributed by atoms with Crippen LogP contribution in [-0.2, 0) is 16.4 Å². The first-order valence-corrected chi connectivity index (χ1v) is 7.08. The molecule has 1 aromatic rings. The van der Waals surface area contributed by atoms with E-state index in [0.29, 0.717) is 23.1 Å². The van der Waals surface area contributed by atoms with Gasteiger partial charge in [-0.1, -0.05) is 6.92 Å². The lowest BCUT2D eigenvalue weighted by atomic mass is 10.4. The van der Waals surface area contributed by atoms with E-state index >= 15 is 0 Å². The maximum absolute atomic E-state index is 11.5. The SMILES string of the molecule is CCNS(=O)(=O)c1ccc(CCCl)s1. The predicted octanol–water partition coefficient (Wildman–Crippen LogP) is 1.83. The van der Waals surface area contributed by atoms with Gasteiger partial charge in [-0.05, 0) is 18.6 Å². The van der Waals surface area contributed by atoms with Crippen molar-refractivity contribution in [2.45, 2.75) is 17.6 Å². The molecule has 0 saturated carbocycles. The van der Waals surface area contributed by atoms with Gasteiger partial charge < -0.3 is 0 Å². The second-order valence-corrected chi connectivity index (χ2v) is 6.20. The predicted molar refractivity (Wildman–Crippen MR) is 59.6 cm³/mol. The third-order valence-corrected chi connectivity index (χ3v) is 4.95. The van der Waals surface area contributed by atoms with Gasteiger partial charge in [0.25, 0.3) is 0 Å². The third kappa shape index (κ3) is 2.95. The molecule has 0 aliphatic rings. The summed E-state index contributed by atoms with van der Waals surface area (Å²) < 4.78 is 25.8. The fourth-order valence-corrected chi connectivity index (χ4v) is 3.75. The molecule has 0 aromatic carbocycles. The molecular weight excluding hydrogens is 242 g/mol. The van der Waals surface area contributed by atoms with E-state index in [1.54, 1.807) is 19.1 Å². The number of nitrogens with one attached hydrogen (secondary N) is 1. The molecule has 1 N–H and O–H groups in total. The third-order valence-electron chi connectivity index (χ3n) is 1.58. The van der Waals surface area contributed by atoms with E-state index in [1.807, 2.05) is 0 Å². The molecule has 0 aliphatic carbocycles. The number of hydrogen-bond donors (Lipinski definition) is 1. The Morgan fingerprint density at radius 3 is 2.79 bits per heavy atom. The second-order valence-electron chi connectivity index (χ2n) is 2.66. The van der Waals surface area contributed by atoms with Crippen molar-refractivity contribution in [2.75, 3.05) is 12.4 Å².